The first-order chi connectivity index (χ1) is 8.74. The van der Waals surface area contributed by atoms with Crippen molar-refractivity contribution in [2.24, 2.45) is 5.92 Å². The van der Waals surface area contributed by atoms with E-state index in [0.717, 1.165) is 39.0 Å². The molecule has 6 nitrogen and oxygen atoms in total. The molecule has 2 fully saturated rings. The van der Waals surface area contributed by atoms with E-state index in [4.69, 9.17) is 4.74 Å². The Bertz CT molecular complexity index is 483. The molecule has 2 aliphatic rings. The fourth-order valence-corrected chi connectivity index (χ4v) is 2.39. The van der Waals surface area contributed by atoms with Crippen molar-refractivity contribution in [3.8, 4) is 0 Å². The highest BCUT2D eigenvalue weighted by atomic mass is 16.5. The van der Waals surface area contributed by atoms with Gasteiger partial charge >= 0.3 is 5.69 Å². The number of aromatic nitrogens is 2. The first kappa shape index (κ1) is 11.5. The van der Waals surface area contributed by atoms with Gasteiger partial charge in [-0.15, -0.1) is 0 Å². The monoisotopic (exact) mass is 251 g/mol. The second-order valence-corrected chi connectivity index (χ2v) is 5.07. The van der Waals surface area contributed by atoms with E-state index in [2.05, 4.69) is 9.97 Å². The van der Waals surface area contributed by atoms with Crippen LogP contribution in [0, 0.1) is 5.92 Å². The number of hydrogen-bond donors (Lipinski definition) is 2. The summed E-state index contributed by atoms with van der Waals surface area (Å²) in [5.41, 5.74) is 0.0177. The van der Waals surface area contributed by atoms with Crippen LogP contribution in [0.15, 0.2) is 11.0 Å². The average molecular weight is 251 g/mol. The number of ether oxygens (including phenoxy) is 1. The van der Waals surface area contributed by atoms with Crippen LogP contribution in [0.4, 0.5) is 0 Å². The van der Waals surface area contributed by atoms with E-state index in [0.29, 0.717) is 17.7 Å². The number of nitrogens with zero attached hydrogens (tertiary/aromatic N) is 1. The Hall–Kier alpha value is -1.56. The zero-order valence-corrected chi connectivity index (χ0v) is 10.1. The summed E-state index contributed by atoms with van der Waals surface area (Å²) in [6.45, 7) is 2.26. The normalized spacial score (nSPS) is 23.2. The van der Waals surface area contributed by atoms with Gasteiger partial charge < -0.3 is 19.6 Å². The number of imidazole rings is 1. The number of aromatic amines is 2. The molecule has 2 N–H and O–H groups in total. The summed E-state index contributed by atoms with van der Waals surface area (Å²) in [7, 11) is 0. The van der Waals surface area contributed by atoms with Gasteiger partial charge in [-0.2, -0.15) is 0 Å². The van der Waals surface area contributed by atoms with Crippen LogP contribution in [0.5, 0.6) is 0 Å². The zero-order chi connectivity index (χ0) is 12.5. The molecule has 1 aromatic heterocycles. The van der Waals surface area contributed by atoms with Gasteiger partial charge in [0.25, 0.3) is 5.91 Å². The van der Waals surface area contributed by atoms with Gasteiger partial charge in [-0.1, -0.05) is 0 Å². The van der Waals surface area contributed by atoms with Crippen LogP contribution in [0.2, 0.25) is 0 Å². The standard InChI is InChI=1S/C12H17N3O3/c16-11(10-5-13-12(17)14-10)15(9-1-2-9)6-8-3-4-18-7-8/h5,8-9H,1-4,6-7H2,(H2,13,14,17). The molecule has 1 unspecified atom stereocenters. The van der Waals surface area contributed by atoms with Gasteiger partial charge in [0.15, 0.2) is 0 Å². The maximum atomic E-state index is 12.3. The van der Waals surface area contributed by atoms with Crippen molar-refractivity contribution in [3.63, 3.8) is 0 Å². The molecule has 1 aromatic rings. The third-order valence-corrected chi connectivity index (χ3v) is 3.55. The van der Waals surface area contributed by atoms with Crippen LogP contribution in [0.1, 0.15) is 29.8 Å². The first-order valence-electron chi connectivity index (χ1n) is 6.40. The van der Waals surface area contributed by atoms with Gasteiger partial charge in [-0.05, 0) is 19.3 Å². The van der Waals surface area contributed by atoms with Crippen LogP contribution in [-0.2, 0) is 4.74 Å². The molecule has 1 aliphatic carbocycles. The van der Waals surface area contributed by atoms with Crippen molar-refractivity contribution in [2.75, 3.05) is 19.8 Å². The first-order valence-corrected chi connectivity index (χ1v) is 6.40. The number of H-pyrrole nitrogens is 2. The number of rotatable bonds is 4. The quantitative estimate of drug-likeness (QED) is 0.810. The molecule has 98 valence electrons. The minimum Gasteiger partial charge on any atom is -0.381 e. The maximum Gasteiger partial charge on any atom is 0.323 e. The summed E-state index contributed by atoms with van der Waals surface area (Å²) < 4.78 is 5.35. The molecule has 1 aliphatic heterocycles. The van der Waals surface area contributed by atoms with Crippen molar-refractivity contribution >= 4 is 5.91 Å². The van der Waals surface area contributed by atoms with Crippen LogP contribution in [-0.4, -0.2) is 46.6 Å². The largest absolute Gasteiger partial charge is 0.381 e. The lowest BCUT2D eigenvalue weighted by Gasteiger charge is -2.24. The molecule has 0 spiro atoms. The zero-order valence-electron chi connectivity index (χ0n) is 10.1. The molecule has 6 heteroatoms. The van der Waals surface area contributed by atoms with Crippen LogP contribution >= 0.6 is 0 Å². The molecular weight excluding hydrogens is 234 g/mol. The Balaban J connectivity index is 1.72. The minimum absolute atomic E-state index is 0.0808. The van der Waals surface area contributed by atoms with E-state index in [-0.39, 0.29) is 11.6 Å². The number of hydrogen-bond acceptors (Lipinski definition) is 3. The molecule has 1 atom stereocenters. The van der Waals surface area contributed by atoms with E-state index in [1.54, 1.807) is 0 Å². The highest BCUT2D eigenvalue weighted by Crippen LogP contribution is 2.29. The fraction of sp³-hybridized carbons (Fsp3) is 0.667. The number of amides is 1. The van der Waals surface area contributed by atoms with Gasteiger partial charge in [0.05, 0.1) is 6.61 Å². The second-order valence-electron chi connectivity index (χ2n) is 5.07. The van der Waals surface area contributed by atoms with Crippen molar-refractivity contribution in [3.05, 3.63) is 22.4 Å². The molecule has 0 radical (unpaired) electrons. The van der Waals surface area contributed by atoms with Gasteiger partial charge in [0, 0.05) is 31.3 Å². The number of nitrogens with one attached hydrogen (secondary N) is 2. The van der Waals surface area contributed by atoms with E-state index in [1.165, 1.54) is 6.20 Å². The van der Waals surface area contributed by atoms with Crippen molar-refractivity contribution in [2.45, 2.75) is 25.3 Å². The lowest BCUT2D eigenvalue weighted by Crippen LogP contribution is -2.37. The Morgan fingerprint density at radius 3 is 2.83 bits per heavy atom. The second kappa shape index (κ2) is 4.61. The van der Waals surface area contributed by atoms with Crippen molar-refractivity contribution in [1.29, 1.82) is 0 Å². The lowest BCUT2D eigenvalue weighted by atomic mass is 10.1. The Morgan fingerprint density at radius 2 is 2.28 bits per heavy atom. The summed E-state index contributed by atoms with van der Waals surface area (Å²) >= 11 is 0. The average Bonchev–Trinajstić information content (AvgIpc) is 2.88. The molecule has 1 saturated carbocycles. The summed E-state index contributed by atoms with van der Waals surface area (Å²) in [6, 6.07) is 0.344. The van der Waals surface area contributed by atoms with Gasteiger partial charge in [-0.3, -0.25) is 4.79 Å². The van der Waals surface area contributed by atoms with Crippen LogP contribution in [0.3, 0.4) is 0 Å². The summed E-state index contributed by atoms with van der Waals surface area (Å²) in [6.07, 6.45) is 4.59. The Kier molecular flexibility index (Phi) is 2.95. The predicted molar refractivity (Wildman–Crippen MR) is 64.4 cm³/mol. The Labute approximate surface area is 104 Å². The smallest absolute Gasteiger partial charge is 0.323 e. The summed E-state index contributed by atoms with van der Waals surface area (Å²) in [4.78, 5) is 30.3. The van der Waals surface area contributed by atoms with E-state index >= 15 is 0 Å². The highest BCUT2D eigenvalue weighted by molar-refractivity contribution is 5.92. The number of carbonyl (C=O) groups is 1. The van der Waals surface area contributed by atoms with Crippen molar-refractivity contribution in [1.82, 2.24) is 14.9 Å². The van der Waals surface area contributed by atoms with Crippen molar-refractivity contribution < 1.29 is 9.53 Å². The summed E-state index contributed by atoms with van der Waals surface area (Å²) in [5, 5.41) is 0. The van der Waals surface area contributed by atoms with E-state index in [1.807, 2.05) is 4.90 Å². The van der Waals surface area contributed by atoms with Crippen LogP contribution < -0.4 is 5.69 Å². The van der Waals surface area contributed by atoms with E-state index in [9.17, 15) is 9.59 Å². The van der Waals surface area contributed by atoms with E-state index < -0.39 is 0 Å². The lowest BCUT2D eigenvalue weighted by molar-refractivity contribution is 0.0700. The van der Waals surface area contributed by atoms with Gasteiger partial charge in [-0.25, -0.2) is 4.79 Å². The van der Waals surface area contributed by atoms with Crippen LogP contribution in [0.25, 0.3) is 0 Å². The fourth-order valence-electron chi connectivity index (χ4n) is 2.39. The molecule has 2 heterocycles. The van der Waals surface area contributed by atoms with Gasteiger partial charge in [0.2, 0.25) is 0 Å². The third-order valence-electron chi connectivity index (χ3n) is 3.55. The molecule has 0 aromatic carbocycles. The predicted octanol–water partition coefficient (Wildman–Crippen LogP) is 0.344. The highest BCUT2D eigenvalue weighted by Gasteiger charge is 2.35. The molecule has 3 rings (SSSR count). The summed E-state index contributed by atoms with van der Waals surface area (Å²) in [5.74, 6) is 0.350. The molecule has 1 amide bonds. The number of carbonyl (C=O) groups excluding carboxylic acids is 1. The SMILES string of the molecule is O=C(c1c[nH]c(=O)[nH]1)N(CC1CCOC1)C1CC1. The molecule has 0 bridgehead atoms. The van der Waals surface area contributed by atoms with Gasteiger partial charge in [0.1, 0.15) is 5.69 Å². The third kappa shape index (κ3) is 2.33. The molecule has 1 saturated heterocycles. The molecular formula is C12H17N3O3. The molecule has 18 heavy (non-hydrogen) atoms. The Morgan fingerprint density at radius 1 is 1.44 bits per heavy atom. The maximum absolute atomic E-state index is 12.3. The minimum atomic E-state index is -0.335. The topological polar surface area (TPSA) is 78.2 Å².